The Morgan fingerprint density at radius 3 is 2.31 bits per heavy atom. The van der Waals surface area contributed by atoms with Crippen LogP contribution in [0.5, 0.6) is 11.5 Å². The maximum absolute atomic E-state index is 13.7. The van der Waals surface area contributed by atoms with Gasteiger partial charge < -0.3 is 14.8 Å². The number of nitrogens with one attached hydrogen (secondary N) is 2. The number of sulfonamides is 1. The van der Waals surface area contributed by atoms with E-state index >= 15 is 0 Å². The van der Waals surface area contributed by atoms with E-state index in [-0.39, 0.29) is 10.5 Å². The first-order valence-corrected chi connectivity index (χ1v) is 11.4. The SMILES string of the molecule is Cc1ccc(C(=O)Nc2ccc(NS(=O)(=O)c3ccc4c(c3)OCCCO4)cc2)cc1F. The van der Waals surface area contributed by atoms with Crippen LogP contribution in [0.3, 0.4) is 0 Å². The molecule has 0 unspecified atom stereocenters. The largest absolute Gasteiger partial charge is 0.490 e. The lowest BCUT2D eigenvalue weighted by atomic mass is 10.1. The van der Waals surface area contributed by atoms with Crippen LogP contribution in [0.2, 0.25) is 0 Å². The minimum atomic E-state index is -3.86. The first kappa shape index (κ1) is 21.6. The summed E-state index contributed by atoms with van der Waals surface area (Å²) in [7, 11) is -3.86. The van der Waals surface area contributed by atoms with Gasteiger partial charge in [-0.25, -0.2) is 12.8 Å². The molecular formula is C23H21FN2O5S. The van der Waals surface area contributed by atoms with E-state index in [2.05, 4.69) is 10.0 Å². The Morgan fingerprint density at radius 1 is 0.906 bits per heavy atom. The lowest BCUT2D eigenvalue weighted by Crippen LogP contribution is -2.14. The molecular weight excluding hydrogens is 435 g/mol. The maximum Gasteiger partial charge on any atom is 0.262 e. The molecule has 1 aliphatic heterocycles. The molecule has 0 aromatic heterocycles. The van der Waals surface area contributed by atoms with Crippen molar-refractivity contribution in [2.45, 2.75) is 18.2 Å². The average Bonchev–Trinajstić information content (AvgIpc) is 3.01. The molecule has 0 radical (unpaired) electrons. The number of anilines is 2. The van der Waals surface area contributed by atoms with E-state index in [1.165, 1.54) is 42.5 Å². The lowest BCUT2D eigenvalue weighted by Gasteiger charge is -2.12. The van der Waals surface area contributed by atoms with E-state index in [1.54, 1.807) is 25.1 Å². The Hall–Kier alpha value is -3.59. The van der Waals surface area contributed by atoms with E-state index < -0.39 is 21.7 Å². The molecule has 0 spiro atoms. The second-order valence-electron chi connectivity index (χ2n) is 7.26. The van der Waals surface area contributed by atoms with Gasteiger partial charge in [0.25, 0.3) is 15.9 Å². The van der Waals surface area contributed by atoms with Crippen LogP contribution in [0.1, 0.15) is 22.3 Å². The second kappa shape index (κ2) is 8.88. The Morgan fingerprint density at radius 2 is 1.59 bits per heavy atom. The summed E-state index contributed by atoms with van der Waals surface area (Å²) < 4.78 is 52.8. The topological polar surface area (TPSA) is 93.7 Å². The van der Waals surface area contributed by atoms with Crippen LogP contribution in [0.25, 0.3) is 0 Å². The fourth-order valence-corrected chi connectivity index (χ4v) is 4.16. The van der Waals surface area contributed by atoms with E-state index in [0.717, 1.165) is 6.42 Å². The van der Waals surface area contributed by atoms with Crippen molar-refractivity contribution in [2.75, 3.05) is 23.3 Å². The van der Waals surface area contributed by atoms with Crippen molar-refractivity contribution >= 4 is 27.3 Å². The number of ether oxygens (including phenoxy) is 2. The van der Waals surface area contributed by atoms with Gasteiger partial charge in [-0.1, -0.05) is 6.07 Å². The third-order valence-electron chi connectivity index (χ3n) is 4.86. The van der Waals surface area contributed by atoms with Crippen molar-refractivity contribution < 1.29 is 27.1 Å². The summed E-state index contributed by atoms with van der Waals surface area (Å²) in [5.74, 6) is -0.0347. The summed E-state index contributed by atoms with van der Waals surface area (Å²) in [4.78, 5) is 12.3. The van der Waals surface area contributed by atoms with Gasteiger partial charge in [-0.05, 0) is 61.0 Å². The molecule has 3 aromatic carbocycles. The molecule has 32 heavy (non-hydrogen) atoms. The van der Waals surface area contributed by atoms with Crippen molar-refractivity contribution in [3.05, 3.63) is 77.6 Å². The molecule has 0 aliphatic carbocycles. The van der Waals surface area contributed by atoms with Crippen LogP contribution in [0.15, 0.2) is 65.6 Å². The number of amides is 1. The van der Waals surface area contributed by atoms with E-state index in [0.29, 0.717) is 41.7 Å². The normalized spacial score (nSPS) is 13.2. The summed E-state index contributed by atoms with van der Waals surface area (Å²) in [6, 6.07) is 14.8. The smallest absolute Gasteiger partial charge is 0.262 e. The van der Waals surface area contributed by atoms with Crippen LogP contribution in [0.4, 0.5) is 15.8 Å². The Bertz CT molecular complexity index is 1260. The monoisotopic (exact) mass is 456 g/mol. The van der Waals surface area contributed by atoms with E-state index in [1.807, 2.05) is 0 Å². The molecule has 1 aliphatic rings. The molecule has 0 fully saturated rings. The Balaban J connectivity index is 1.45. The molecule has 0 saturated heterocycles. The molecule has 0 atom stereocenters. The minimum absolute atomic E-state index is 0.0422. The molecule has 1 heterocycles. The van der Waals surface area contributed by atoms with Crippen molar-refractivity contribution in [3.63, 3.8) is 0 Å². The zero-order chi connectivity index (χ0) is 22.7. The van der Waals surface area contributed by atoms with Crippen molar-refractivity contribution in [3.8, 4) is 11.5 Å². The fraction of sp³-hybridized carbons (Fsp3) is 0.174. The zero-order valence-corrected chi connectivity index (χ0v) is 18.0. The predicted molar refractivity (Wildman–Crippen MR) is 118 cm³/mol. The third-order valence-corrected chi connectivity index (χ3v) is 6.24. The second-order valence-corrected chi connectivity index (χ2v) is 8.94. The molecule has 1 amide bonds. The molecule has 0 saturated carbocycles. The average molecular weight is 456 g/mol. The third kappa shape index (κ3) is 4.83. The van der Waals surface area contributed by atoms with Gasteiger partial charge in [0.2, 0.25) is 0 Å². The van der Waals surface area contributed by atoms with E-state index in [9.17, 15) is 17.6 Å². The Labute approximate surface area is 185 Å². The number of fused-ring (bicyclic) bond motifs is 1. The molecule has 166 valence electrons. The summed E-state index contributed by atoms with van der Waals surface area (Å²) in [6.07, 6.45) is 0.719. The molecule has 7 nitrogen and oxygen atoms in total. The van der Waals surface area contributed by atoms with Crippen LogP contribution >= 0.6 is 0 Å². The summed E-state index contributed by atoms with van der Waals surface area (Å²) in [5.41, 5.74) is 1.39. The van der Waals surface area contributed by atoms with Gasteiger partial charge in [0.05, 0.1) is 18.1 Å². The number of carbonyl (C=O) groups is 1. The summed E-state index contributed by atoms with van der Waals surface area (Å²) in [6.45, 7) is 2.58. The Kier molecular flexibility index (Phi) is 6.00. The molecule has 0 bridgehead atoms. The van der Waals surface area contributed by atoms with Crippen molar-refractivity contribution in [1.82, 2.24) is 0 Å². The first-order valence-electron chi connectivity index (χ1n) is 9.92. The first-order chi connectivity index (χ1) is 15.3. The maximum atomic E-state index is 13.7. The predicted octanol–water partition coefficient (Wildman–Crippen LogP) is 4.35. The van der Waals surface area contributed by atoms with Gasteiger partial charge in [0.1, 0.15) is 5.82 Å². The van der Waals surface area contributed by atoms with Gasteiger partial charge >= 0.3 is 0 Å². The molecule has 3 aromatic rings. The molecule has 4 rings (SSSR count). The number of hydrogen-bond acceptors (Lipinski definition) is 5. The minimum Gasteiger partial charge on any atom is -0.490 e. The number of rotatable bonds is 5. The summed E-state index contributed by atoms with van der Waals surface area (Å²) >= 11 is 0. The highest BCUT2D eigenvalue weighted by atomic mass is 32.2. The number of aryl methyl sites for hydroxylation is 1. The number of carbonyl (C=O) groups excluding carboxylic acids is 1. The number of benzene rings is 3. The van der Waals surface area contributed by atoms with Gasteiger partial charge in [0.15, 0.2) is 11.5 Å². The number of hydrogen-bond donors (Lipinski definition) is 2. The fourth-order valence-electron chi connectivity index (χ4n) is 3.08. The zero-order valence-electron chi connectivity index (χ0n) is 17.2. The standard InChI is InChI=1S/C23H21FN2O5S/c1-15-3-4-16(13-20(15)24)23(27)25-17-5-7-18(8-6-17)26-32(28,29)19-9-10-21-22(14-19)31-12-2-11-30-21/h3-10,13-14,26H,2,11-12H2,1H3,(H,25,27). The highest BCUT2D eigenvalue weighted by Gasteiger charge is 2.19. The van der Waals surface area contributed by atoms with Crippen LogP contribution < -0.4 is 19.5 Å². The highest BCUT2D eigenvalue weighted by molar-refractivity contribution is 7.92. The number of halogens is 1. The molecule has 2 N–H and O–H groups in total. The highest BCUT2D eigenvalue weighted by Crippen LogP contribution is 2.32. The molecule has 9 heteroatoms. The van der Waals surface area contributed by atoms with Crippen LogP contribution in [-0.2, 0) is 10.0 Å². The lowest BCUT2D eigenvalue weighted by molar-refractivity contribution is 0.102. The van der Waals surface area contributed by atoms with Gasteiger partial charge in [-0.2, -0.15) is 0 Å². The van der Waals surface area contributed by atoms with Gasteiger partial charge in [-0.3, -0.25) is 9.52 Å². The van der Waals surface area contributed by atoms with Crippen LogP contribution in [0, 0.1) is 12.7 Å². The van der Waals surface area contributed by atoms with E-state index in [4.69, 9.17) is 9.47 Å². The van der Waals surface area contributed by atoms with Crippen molar-refractivity contribution in [1.29, 1.82) is 0 Å². The van der Waals surface area contributed by atoms with Gasteiger partial charge in [0, 0.05) is 29.4 Å². The quantitative estimate of drug-likeness (QED) is 0.595. The summed E-state index contributed by atoms with van der Waals surface area (Å²) in [5, 5.41) is 2.65. The van der Waals surface area contributed by atoms with Gasteiger partial charge in [-0.15, -0.1) is 0 Å². The van der Waals surface area contributed by atoms with Crippen LogP contribution in [-0.4, -0.2) is 27.5 Å². The van der Waals surface area contributed by atoms with Crippen molar-refractivity contribution in [2.24, 2.45) is 0 Å².